The Labute approximate surface area is 154 Å². The number of carbonyl (C=O) groups is 1. The number of anilines is 1. The van der Waals surface area contributed by atoms with E-state index in [9.17, 15) is 18.0 Å². The van der Waals surface area contributed by atoms with Crippen LogP contribution in [0.3, 0.4) is 0 Å². The number of ether oxygens (including phenoxy) is 3. The molecular formula is C17H21ClF3NO4. The van der Waals surface area contributed by atoms with Crippen LogP contribution in [0.4, 0.5) is 18.9 Å². The van der Waals surface area contributed by atoms with Crippen molar-refractivity contribution in [3.8, 4) is 5.75 Å². The Morgan fingerprint density at radius 3 is 2.85 bits per heavy atom. The number of hydrogen-bond acceptors (Lipinski definition) is 4. The maximum Gasteiger partial charge on any atom is 0.422 e. The molecule has 1 fully saturated rings. The van der Waals surface area contributed by atoms with E-state index in [4.69, 9.17) is 25.8 Å². The minimum Gasteiger partial charge on any atom is -0.482 e. The second-order valence-electron chi connectivity index (χ2n) is 6.00. The molecule has 0 saturated carbocycles. The number of halogens is 4. The number of alkyl halides is 3. The van der Waals surface area contributed by atoms with E-state index in [2.05, 4.69) is 5.32 Å². The normalized spacial score (nSPS) is 19.0. The van der Waals surface area contributed by atoms with Crippen LogP contribution in [0.15, 0.2) is 18.2 Å². The average Bonchev–Trinajstić information content (AvgIpc) is 2.59. The van der Waals surface area contributed by atoms with E-state index in [0.717, 1.165) is 19.3 Å². The van der Waals surface area contributed by atoms with Crippen LogP contribution >= 0.6 is 11.6 Å². The molecule has 1 aromatic rings. The van der Waals surface area contributed by atoms with E-state index < -0.39 is 24.8 Å². The largest absolute Gasteiger partial charge is 0.482 e. The van der Waals surface area contributed by atoms with Crippen molar-refractivity contribution < 1.29 is 32.2 Å². The fourth-order valence-electron chi connectivity index (χ4n) is 2.39. The first-order valence-corrected chi connectivity index (χ1v) is 8.65. The quantitative estimate of drug-likeness (QED) is 0.752. The van der Waals surface area contributed by atoms with Gasteiger partial charge in [0.15, 0.2) is 6.61 Å². The third kappa shape index (κ3) is 7.01. The molecule has 1 aromatic carbocycles. The molecule has 1 aliphatic heterocycles. The van der Waals surface area contributed by atoms with Crippen LogP contribution in [-0.2, 0) is 14.3 Å². The standard InChI is InChI=1S/C17H21ClF3NO4/c1-11(25-9-13-4-2-3-7-24-13)16(23)22-14-8-12(18)5-6-15(14)26-10-17(19,20)21/h5-6,8,11,13H,2-4,7,9-10H2,1H3,(H,22,23). The number of benzene rings is 1. The van der Waals surface area contributed by atoms with Crippen LogP contribution in [0, 0.1) is 0 Å². The fourth-order valence-corrected chi connectivity index (χ4v) is 2.56. The highest BCUT2D eigenvalue weighted by Gasteiger charge is 2.29. The summed E-state index contributed by atoms with van der Waals surface area (Å²) in [6, 6.07) is 3.97. The van der Waals surface area contributed by atoms with Crippen LogP contribution < -0.4 is 10.1 Å². The molecule has 9 heteroatoms. The predicted molar refractivity (Wildman–Crippen MR) is 90.6 cm³/mol. The molecule has 1 aliphatic rings. The van der Waals surface area contributed by atoms with Crippen LogP contribution in [-0.4, -0.2) is 44.1 Å². The van der Waals surface area contributed by atoms with Gasteiger partial charge in [-0.05, 0) is 44.4 Å². The molecule has 1 heterocycles. The Bertz CT molecular complexity index is 606. The second-order valence-corrected chi connectivity index (χ2v) is 6.43. The second kappa shape index (κ2) is 9.43. The van der Waals surface area contributed by atoms with Crippen molar-refractivity contribution in [3.05, 3.63) is 23.2 Å². The van der Waals surface area contributed by atoms with Crippen LogP contribution in [0.5, 0.6) is 5.75 Å². The van der Waals surface area contributed by atoms with Crippen LogP contribution in [0.25, 0.3) is 0 Å². The molecule has 2 rings (SSSR count). The Hall–Kier alpha value is -1.51. The molecule has 2 atom stereocenters. The number of hydrogen-bond donors (Lipinski definition) is 1. The van der Waals surface area contributed by atoms with E-state index >= 15 is 0 Å². The molecule has 1 N–H and O–H groups in total. The summed E-state index contributed by atoms with van der Waals surface area (Å²) in [6.07, 6.45) is -2.40. The maximum absolute atomic E-state index is 12.3. The first-order valence-electron chi connectivity index (χ1n) is 8.28. The van der Waals surface area contributed by atoms with Gasteiger partial charge in [-0.2, -0.15) is 13.2 Å². The van der Waals surface area contributed by atoms with Crippen molar-refractivity contribution in [1.82, 2.24) is 0 Å². The van der Waals surface area contributed by atoms with Gasteiger partial charge in [0.2, 0.25) is 0 Å². The zero-order valence-corrected chi connectivity index (χ0v) is 15.0. The topological polar surface area (TPSA) is 56.8 Å². The van der Waals surface area contributed by atoms with Gasteiger partial charge in [0.05, 0.1) is 18.4 Å². The third-order valence-electron chi connectivity index (χ3n) is 3.77. The van der Waals surface area contributed by atoms with Gasteiger partial charge in [0.25, 0.3) is 5.91 Å². The summed E-state index contributed by atoms with van der Waals surface area (Å²) < 4.78 is 52.8. The van der Waals surface area contributed by atoms with Crippen molar-refractivity contribution in [1.29, 1.82) is 0 Å². The summed E-state index contributed by atoms with van der Waals surface area (Å²) in [7, 11) is 0. The summed E-state index contributed by atoms with van der Waals surface area (Å²) in [5, 5.41) is 2.75. The Balaban J connectivity index is 1.92. The van der Waals surface area contributed by atoms with Crippen molar-refractivity contribution in [2.45, 2.75) is 44.6 Å². The molecule has 26 heavy (non-hydrogen) atoms. The Morgan fingerprint density at radius 2 is 2.19 bits per heavy atom. The van der Waals surface area contributed by atoms with Crippen LogP contribution in [0.2, 0.25) is 5.02 Å². The fraction of sp³-hybridized carbons (Fsp3) is 0.588. The Kier molecular flexibility index (Phi) is 7.55. The lowest BCUT2D eigenvalue weighted by molar-refractivity contribution is -0.153. The van der Waals surface area contributed by atoms with Gasteiger partial charge in [-0.1, -0.05) is 11.6 Å². The molecule has 0 bridgehead atoms. The maximum atomic E-state index is 12.3. The first kappa shape index (κ1) is 20.8. The lowest BCUT2D eigenvalue weighted by atomic mass is 10.1. The van der Waals surface area contributed by atoms with Gasteiger partial charge in [-0.3, -0.25) is 4.79 Å². The summed E-state index contributed by atoms with van der Waals surface area (Å²) in [6.45, 7) is 1.04. The molecule has 2 unspecified atom stereocenters. The summed E-state index contributed by atoms with van der Waals surface area (Å²) >= 11 is 5.86. The van der Waals surface area contributed by atoms with E-state index in [1.165, 1.54) is 18.2 Å². The molecule has 0 aliphatic carbocycles. The van der Waals surface area contributed by atoms with Gasteiger partial charge < -0.3 is 19.5 Å². The van der Waals surface area contributed by atoms with Gasteiger partial charge in [-0.25, -0.2) is 0 Å². The molecule has 0 aromatic heterocycles. The van der Waals surface area contributed by atoms with E-state index in [0.29, 0.717) is 6.61 Å². The predicted octanol–water partition coefficient (Wildman–Crippen LogP) is 4.19. The number of nitrogens with one attached hydrogen (secondary N) is 1. The monoisotopic (exact) mass is 395 g/mol. The van der Waals surface area contributed by atoms with Crippen molar-refractivity contribution >= 4 is 23.2 Å². The van der Waals surface area contributed by atoms with Crippen molar-refractivity contribution in [2.75, 3.05) is 25.1 Å². The molecule has 0 spiro atoms. The lowest BCUT2D eigenvalue weighted by Crippen LogP contribution is -2.32. The van der Waals surface area contributed by atoms with Gasteiger partial charge in [0, 0.05) is 11.6 Å². The number of amides is 1. The SMILES string of the molecule is CC(OCC1CCCCO1)C(=O)Nc1cc(Cl)ccc1OCC(F)(F)F. The third-order valence-corrected chi connectivity index (χ3v) is 4.00. The van der Waals surface area contributed by atoms with Crippen molar-refractivity contribution in [2.24, 2.45) is 0 Å². The van der Waals surface area contributed by atoms with E-state index in [1.54, 1.807) is 6.92 Å². The van der Waals surface area contributed by atoms with E-state index in [-0.39, 0.29) is 29.2 Å². The minimum atomic E-state index is -4.49. The highest BCUT2D eigenvalue weighted by Crippen LogP contribution is 2.30. The summed E-state index contributed by atoms with van der Waals surface area (Å²) in [4.78, 5) is 12.3. The number of carbonyl (C=O) groups excluding carboxylic acids is 1. The molecule has 1 amide bonds. The molecule has 1 saturated heterocycles. The first-order chi connectivity index (χ1) is 12.2. The van der Waals surface area contributed by atoms with Crippen LogP contribution in [0.1, 0.15) is 26.2 Å². The molecule has 0 radical (unpaired) electrons. The molecule has 146 valence electrons. The average molecular weight is 396 g/mol. The summed E-state index contributed by atoms with van der Waals surface area (Å²) in [5.41, 5.74) is 0.0520. The highest BCUT2D eigenvalue weighted by atomic mass is 35.5. The molecule has 5 nitrogen and oxygen atoms in total. The van der Waals surface area contributed by atoms with Gasteiger partial charge in [-0.15, -0.1) is 0 Å². The van der Waals surface area contributed by atoms with Crippen molar-refractivity contribution in [3.63, 3.8) is 0 Å². The smallest absolute Gasteiger partial charge is 0.422 e. The van der Waals surface area contributed by atoms with Gasteiger partial charge in [0.1, 0.15) is 11.9 Å². The Morgan fingerprint density at radius 1 is 1.42 bits per heavy atom. The zero-order chi connectivity index (χ0) is 19.2. The minimum absolute atomic E-state index is 0.0455. The molecular weight excluding hydrogens is 375 g/mol. The lowest BCUT2D eigenvalue weighted by Gasteiger charge is -2.24. The summed E-state index contributed by atoms with van der Waals surface area (Å²) in [5.74, 6) is -0.636. The number of rotatable bonds is 7. The van der Waals surface area contributed by atoms with Gasteiger partial charge >= 0.3 is 6.18 Å². The zero-order valence-electron chi connectivity index (χ0n) is 14.3. The highest BCUT2D eigenvalue weighted by molar-refractivity contribution is 6.31. The van der Waals surface area contributed by atoms with E-state index in [1.807, 2.05) is 0 Å².